The third-order valence-corrected chi connectivity index (χ3v) is 13.6. The summed E-state index contributed by atoms with van der Waals surface area (Å²) in [7, 11) is 0. The topological polar surface area (TPSA) is 57.0 Å². The Kier molecular flexibility index (Phi) is 8.83. The van der Waals surface area contributed by atoms with Crippen LogP contribution in [0.2, 0.25) is 0 Å². The first kappa shape index (κ1) is 38.9. The van der Waals surface area contributed by atoms with Crippen LogP contribution in [0, 0.1) is 0 Å². The van der Waals surface area contributed by atoms with Crippen LogP contribution in [0.4, 0.5) is 0 Å². The lowest BCUT2D eigenvalue weighted by Crippen LogP contribution is -1.96. The van der Waals surface area contributed by atoms with Crippen molar-refractivity contribution in [3.8, 4) is 73.0 Å². The summed E-state index contributed by atoms with van der Waals surface area (Å²) in [6.45, 7) is 0. The van der Waals surface area contributed by atoms with Gasteiger partial charge in [0.25, 0.3) is 0 Å². The van der Waals surface area contributed by atoms with Gasteiger partial charge in [0.05, 0.1) is 22.4 Å². The molecule has 0 N–H and O–H groups in total. The molecule has 5 nitrogen and oxygen atoms in total. The first-order valence-electron chi connectivity index (χ1n) is 23.3. The standard InChI is InChI=1S/C64H39N3O2/c1-3-14-40(15-4-1)55-39-56(66-64(65-55)47-28-31-51-50-23-8-10-26-59(50)69-62(51)38-47)52-24-13-27-61-63(52)54-37-46(30-33-60(54)68-61)44-19-12-17-42(35-44)41-16-11-18-43(34-41)45-29-32-58-53(36-45)49-22-7-9-25-57(49)67(58)48-20-5-2-6-21-48/h1-39H. The van der Waals surface area contributed by atoms with Gasteiger partial charge < -0.3 is 13.4 Å². The lowest BCUT2D eigenvalue weighted by molar-refractivity contribution is 0.668. The molecule has 0 amide bonds. The second-order valence-corrected chi connectivity index (χ2v) is 17.7. The molecule has 4 aromatic heterocycles. The zero-order valence-corrected chi connectivity index (χ0v) is 37.2. The van der Waals surface area contributed by atoms with Crippen LogP contribution in [0.15, 0.2) is 245 Å². The molecule has 322 valence electrons. The van der Waals surface area contributed by atoms with Crippen molar-refractivity contribution in [3.05, 3.63) is 237 Å². The SMILES string of the molecule is c1ccc(-c2cc(-c3cccc4oc5ccc(-c6cccc(-c7cccc(-c8ccc9c(c8)c8ccccc8n9-c8ccccc8)c7)c6)cc5c34)nc(-c3ccc4c(c3)oc3ccccc34)n2)cc1. The van der Waals surface area contributed by atoms with Crippen molar-refractivity contribution in [3.63, 3.8) is 0 Å². The van der Waals surface area contributed by atoms with Crippen molar-refractivity contribution < 1.29 is 8.83 Å². The van der Waals surface area contributed by atoms with Crippen LogP contribution in [0.3, 0.4) is 0 Å². The fourth-order valence-corrected chi connectivity index (χ4v) is 10.3. The molecule has 0 aliphatic rings. The summed E-state index contributed by atoms with van der Waals surface area (Å²) in [5, 5.41) is 6.68. The molecule has 0 radical (unpaired) electrons. The first-order chi connectivity index (χ1) is 34.2. The van der Waals surface area contributed by atoms with E-state index in [1.165, 1.54) is 32.9 Å². The highest BCUT2D eigenvalue weighted by Crippen LogP contribution is 2.41. The van der Waals surface area contributed by atoms with Gasteiger partial charge in [0.1, 0.15) is 22.3 Å². The summed E-state index contributed by atoms with van der Waals surface area (Å²) in [4.78, 5) is 10.5. The van der Waals surface area contributed by atoms with Gasteiger partial charge in [-0.15, -0.1) is 0 Å². The van der Waals surface area contributed by atoms with E-state index in [4.69, 9.17) is 18.8 Å². The maximum absolute atomic E-state index is 6.58. The fourth-order valence-electron chi connectivity index (χ4n) is 10.3. The van der Waals surface area contributed by atoms with Crippen molar-refractivity contribution in [1.82, 2.24) is 14.5 Å². The number of hydrogen-bond donors (Lipinski definition) is 0. The van der Waals surface area contributed by atoms with Crippen LogP contribution in [0.25, 0.3) is 139 Å². The Hall–Kier alpha value is -9.32. The van der Waals surface area contributed by atoms with Crippen LogP contribution < -0.4 is 0 Å². The third-order valence-electron chi connectivity index (χ3n) is 13.6. The molecule has 0 saturated heterocycles. The van der Waals surface area contributed by atoms with E-state index in [9.17, 15) is 0 Å². The van der Waals surface area contributed by atoms with Crippen molar-refractivity contribution in [2.45, 2.75) is 0 Å². The van der Waals surface area contributed by atoms with Gasteiger partial charge in [-0.25, -0.2) is 9.97 Å². The summed E-state index contributed by atoms with van der Waals surface area (Å²) < 4.78 is 15.3. The monoisotopic (exact) mass is 881 g/mol. The largest absolute Gasteiger partial charge is 0.456 e. The van der Waals surface area contributed by atoms with Crippen LogP contribution in [-0.2, 0) is 0 Å². The zero-order chi connectivity index (χ0) is 45.4. The Morgan fingerprint density at radius 1 is 0.290 bits per heavy atom. The maximum atomic E-state index is 6.58. The van der Waals surface area contributed by atoms with E-state index in [2.05, 4.69) is 193 Å². The second-order valence-electron chi connectivity index (χ2n) is 17.7. The molecule has 4 heterocycles. The van der Waals surface area contributed by atoms with E-state index in [1.54, 1.807) is 0 Å². The minimum Gasteiger partial charge on any atom is -0.456 e. The van der Waals surface area contributed by atoms with E-state index in [-0.39, 0.29) is 0 Å². The Morgan fingerprint density at radius 3 is 1.61 bits per heavy atom. The number of para-hydroxylation sites is 3. The first-order valence-corrected chi connectivity index (χ1v) is 23.3. The Morgan fingerprint density at radius 2 is 0.826 bits per heavy atom. The van der Waals surface area contributed by atoms with Crippen molar-refractivity contribution in [2.24, 2.45) is 0 Å². The zero-order valence-electron chi connectivity index (χ0n) is 37.2. The normalized spacial score (nSPS) is 11.8. The number of nitrogens with zero attached hydrogens (tertiary/aromatic N) is 3. The van der Waals surface area contributed by atoms with Gasteiger partial charge in [0.2, 0.25) is 0 Å². The molecule has 0 aliphatic carbocycles. The van der Waals surface area contributed by atoms with Crippen LogP contribution >= 0.6 is 0 Å². The minimum absolute atomic E-state index is 0.622. The maximum Gasteiger partial charge on any atom is 0.160 e. The molecule has 14 aromatic rings. The number of fused-ring (bicyclic) bond motifs is 9. The number of rotatable bonds is 7. The number of benzene rings is 10. The molecule has 69 heavy (non-hydrogen) atoms. The molecule has 0 aliphatic heterocycles. The van der Waals surface area contributed by atoms with Crippen molar-refractivity contribution in [1.29, 1.82) is 0 Å². The summed E-state index contributed by atoms with van der Waals surface area (Å²) in [5.74, 6) is 0.622. The average molecular weight is 882 g/mol. The Labute approximate surface area is 396 Å². The highest BCUT2D eigenvalue weighted by Gasteiger charge is 2.19. The number of aromatic nitrogens is 3. The molecule has 0 bridgehead atoms. The molecule has 0 unspecified atom stereocenters. The van der Waals surface area contributed by atoms with Gasteiger partial charge in [-0.05, 0) is 118 Å². The minimum atomic E-state index is 0.622. The van der Waals surface area contributed by atoms with Crippen molar-refractivity contribution >= 4 is 65.7 Å². The van der Waals surface area contributed by atoms with Gasteiger partial charge in [0, 0.05) is 54.7 Å². The van der Waals surface area contributed by atoms with Gasteiger partial charge in [-0.1, -0.05) is 152 Å². The molecule has 5 heteroatoms. The van der Waals surface area contributed by atoms with Crippen LogP contribution in [-0.4, -0.2) is 14.5 Å². The molecular formula is C64H39N3O2. The highest BCUT2D eigenvalue weighted by molar-refractivity contribution is 6.14. The smallest absolute Gasteiger partial charge is 0.160 e. The summed E-state index contributed by atoms with van der Waals surface area (Å²) in [6, 6.07) is 83.4. The molecule has 0 saturated carbocycles. The second kappa shape index (κ2) is 15.7. The average Bonchev–Trinajstić information content (AvgIpc) is 4.10. The summed E-state index contributed by atoms with van der Waals surface area (Å²) >= 11 is 0. The summed E-state index contributed by atoms with van der Waals surface area (Å²) in [5.41, 5.74) is 18.2. The van der Waals surface area contributed by atoms with Gasteiger partial charge >= 0.3 is 0 Å². The predicted molar refractivity (Wildman–Crippen MR) is 284 cm³/mol. The number of furan rings is 2. The predicted octanol–water partition coefficient (Wildman–Crippen LogP) is 17.4. The van der Waals surface area contributed by atoms with Crippen LogP contribution in [0.1, 0.15) is 0 Å². The van der Waals surface area contributed by atoms with Gasteiger partial charge in [-0.3, -0.25) is 0 Å². The van der Waals surface area contributed by atoms with E-state index >= 15 is 0 Å². The van der Waals surface area contributed by atoms with E-state index in [0.717, 1.165) is 99.9 Å². The Bertz CT molecular complexity index is 4310. The molecule has 0 spiro atoms. The summed E-state index contributed by atoms with van der Waals surface area (Å²) in [6.07, 6.45) is 0. The highest BCUT2D eigenvalue weighted by atomic mass is 16.3. The van der Waals surface area contributed by atoms with Crippen molar-refractivity contribution in [2.75, 3.05) is 0 Å². The molecule has 14 rings (SSSR count). The van der Waals surface area contributed by atoms with Gasteiger partial charge in [-0.2, -0.15) is 0 Å². The van der Waals surface area contributed by atoms with Crippen LogP contribution in [0.5, 0.6) is 0 Å². The van der Waals surface area contributed by atoms with E-state index in [0.29, 0.717) is 5.82 Å². The third kappa shape index (κ3) is 6.55. The quantitative estimate of drug-likeness (QED) is 0.160. The lowest BCUT2D eigenvalue weighted by atomic mass is 9.95. The van der Waals surface area contributed by atoms with E-state index in [1.807, 2.05) is 48.5 Å². The fraction of sp³-hybridized carbons (Fsp3) is 0. The molecule has 0 fully saturated rings. The van der Waals surface area contributed by atoms with E-state index < -0.39 is 0 Å². The Balaban J connectivity index is 0.849. The molecule has 10 aromatic carbocycles. The molecular weight excluding hydrogens is 843 g/mol. The number of hydrogen-bond acceptors (Lipinski definition) is 4. The molecule has 0 atom stereocenters. The lowest BCUT2D eigenvalue weighted by Gasteiger charge is -2.11. The van der Waals surface area contributed by atoms with Gasteiger partial charge in [0.15, 0.2) is 5.82 Å².